The van der Waals surface area contributed by atoms with E-state index in [2.05, 4.69) is 44.2 Å². The molecule has 0 amide bonds. The number of nitrogens with one attached hydrogen (secondary N) is 1. The fourth-order valence-corrected chi connectivity index (χ4v) is 2.47. The van der Waals surface area contributed by atoms with Crippen molar-refractivity contribution < 1.29 is 4.74 Å². The number of ether oxygens (including phenoxy) is 1. The van der Waals surface area contributed by atoms with Gasteiger partial charge in [0.25, 0.3) is 0 Å². The number of benzene rings is 1. The maximum atomic E-state index is 5.78. The SMILES string of the molecule is CCc1nc(OCCNC)c2cc(Br)cc(C)c2n1. The average molecular weight is 324 g/mol. The average Bonchev–Trinajstić information content (AvgIpc) is 2.39. The zero-order valence-electron chi connectivity index (χ0n) is 11.5. The van der Waals surface area contributed by atoms with Gasteiger partial charge in [-0.15, -0.1) is 0 Å². The third-order valence-corrected chi connectivity index (χ3v) is 3.33. The molecule has 0 spiro atoms. The highest BCUT2D eigenvalue weighted by molar-refractivity contribution is 9.10. The second-order valence-corrected chi connectivity index (χ2v) is 5.29. The summed E-state index contributed by atoms with van der Waals surface area (Å²) in [5.74, 6) is 1.49. The molecule has 0 unspecified atom stereocenters. The van der Waals surface area contributed by atoms with Crippen LogP contribution in [0.25, 0.3) is 10.9 Å². The van der Waals surface area contributed by atoms with Crippen molar-refractivity contribution in [1.29, 1.82) is 0 Å². The van der Waals surface area contributed by atoms with Crippen LogP contribution in [0.4, 0.5) is 0 Å². The zero-order chi connectivity index (χ0) is 13.8. The Morgan fingerprint density at radius 3 is 2.79 bits per heavy atom. The molecule has 4 nitrogen and oxygen atoms in total. The van der Waals surface area contributed by atoms with E-state index in [9.17, 15) is 0 Å². The van der Waals surface area contributed by atoms with E-state index in [0.717, 1.165) is 39.7 Å². The summed E-state index contributed by atoms with van der Waals surface area (Å²) in [5.41, 5.74) is 2.09. The molecule has 1 N–H and O–H groups in total. The number of likely N-dealkylation sites (N-methyl/N-ethyl adjacent to an activating group) is 1. The van der Waals surface area contributed by atoms with E-state index >= 15 is 0 Å². The molecule has 0 saturated heterocycles. The second-order valence-electron chi connectivity index (χ2n) is 4.37. The number of nitrogens with zero attached hydrogens (tertiary/aromatic N) is 2. The highest BCUT2D eigenvalue weighted by Gasteiger charge is 2.11. The zero-order valence-corrected chi connectivity index (χ0v) is 13.0. The first-order chi connectivity index (χ1) is 9.15. The Balaban J connectivity index is 2.52. The first-order valence-corrected chi connectivity index (χ1v) is 7.19. The lowest BCUT2D eigenvalue weighted by Gasteiger charge is -2.11. The smallest absolute Gasteiger partial charge is 0.224 e. The van der Waals surface area contributed by atoms with Gasteiger partial charge in [0.05, 0.1) is 10.9 Å². The lowest BCUT2D eigenvalue weighted by Crippen LogP contribution is -2.16. The summed E-state index contributed by atoms with van der Waals surface area (Å²) < 4.78 is 6.80. The van der Waals surface area contributed by atoms with Crippen LogP contribution in [0, 0.1) is 6.92 Å². The van der Waals surface area contributed by atoms with Gasteiger partial charge in [-0.25, -0.2) is 4.98 Å². The van der Waals surface area contributed by atoms with Gasteiger partial charge in [-0.05, 0) is 31.7 Å². The van der Waals surface area contributed by atoms with Gasteiger partial charge in [-0.2, -0.15) is 4.98 Å². The van der Waals surface area contributed by atoms with Gasteiger partial charge in [0.2, 0.25) is 5.88 Å². The molecule has 5 heteroatoms. The molecular weight excluding hydrogens is 306 g/mol. The Hall–Kier alpha value is -1.20. The molecule has 0 aliphatic carbocycles. The quantitative estimate of drug-likeness (QED) is 0.859. The first-order valence-electron chi connectivity index (χ1n) is 6.40. The Kier molecular flexibility index (Phi) is 4.71. The van der Waals surface area contributed by atoms with Crippen LogP contribution >= 0.6 is 15.9 Å². The molecule has 0 aliphatic rings. The van der Waals surface area contributed by atoms with Crippen LogP contribution in [0.5, 0.6) is 5.88 Å². The lowest BCUT2D eigenvalue weighted by molar-refractivity contribution is 0.309. The van der Waals surface area contributed by atoms with Crippen LogP contribution in [0.1, 0.15) is 18.3 Å². The van der Waals surface area contributed by atoms with Crippen molar-refractivity contribution in [1.82, 2.24) is 15.3 Å². The fourth-order valence-electron chi connectivity index (χ4n) is 1.90. The molecule has 2 aromatic rings. The molecular formula is C14H18BrN3O. The van der Waals surface area contributed by atoms with Crippen LogP contribution in [-0.4, -0.2) is 30.2 Å². The molecule has 1 aromatic carbocycles. The molecule has 0 bridgehead atoms. The largest absolute Gasteiger partial charge is 0.476 e. The number of hydrogen-bond acceptors (Lipinski definition) is 4. The van der Waals surface area contributed by atoms with Crippen molar-refractivity contribution in [3.8, 4) is 5.88 Å². The third kappa shape index (κ3) is 3.22. The summed E-state index contributed by atoms with van der Waals surface area (Å²) in [4.78, 5) is 9.09. The van der Waals surface area contributed by atoms with Crippen molar-refractivity contribution in [2.75, 3.05) is 20.2 Å². The molecule has 0 atom stereocenters. The summed E-state index contributed by atoms with van der Waals surface area (Å²) in [7, 11) is 1.90. The Bertz CT molecular complexity index is 586. The normalized spacial score (nSPS) is 10.9. The molecule has 0 saturated carbocycles. The number of hydrogen-bond donors (Lipinski definition) is 1. The molecule has 1 heterocycles. The summed E-state index contributed by atoms with van der Waals surface area (Å²) in [6, 6.07) is 4.07. The minimum atomic E-state index is 0.595. The monoisotopic (exact) mass is 323 g/mol. The first kappa shape index (κ1) is 14.2. The number of rotatable bonds is 5. The van der Waals surface area contributed by atoms with E-state index in [1.165, 1.54) is 0 Å². The van der Waals surface area contributed by atoms with Gasteiger partial charge in [-0.3, -0.25) is 0 Å². The molecule has 102 valence electrons. The molecule has 0 aliphatic heterocycles. The molecule has 2 rings (SSSR count). The summed E-state index contributed by atoms with van der Waals surface area (Å²) in [6.45, 7) is 5.49. The molecule has 0 radical (unpaired) electrons. The van der Waals surface area contributed by atoms with Crippen molar-refractivity contribution >= 4 is 26.8 Å². The van der Waals surface area contributed by atoms with Gasteiger partial charge in [0, 0.05) is 17.4 Å². The Labute approximate surface area is 121 Å². The van der Waals surface area contributed by atoms with Crippen molar-refractivity contribution in [3.05, 3.63) is 28.0 Å². The lowest BCUT2D eigenvalue weighted by atomic mass is 10.1. The van der Waals surface area contributed by atoms with Gasteiger partial charge in [0.1, 0.15) is 12.4 Å². The maximum absolute atomic E-state index is 5.78. The summed E-state index contributed by atoms with van der Waals surface area (Å²) >= 11 is 3.51. The fraction of sp³-hybridized carbons (Fsp3) is 0.429. The van der Waals surface area contributed by atoms with Crippen molar-refractivity contribution in [2.45, 2.75) is 20.3 Å². The molecule has 1 aromatic heterocycles. The van der Waals surface area contributed by atoms with E-state index in [0.29, 0.717) is 12.5 Å². The standard InChI is InChI=1S/C14H18BrN3O/c1-4-12-17-13-9(2)7-10(15)8-11(13)14(18-12)19-6-5-16-3/h7-8,16H,4-6H2,1-3H3. The maximum Gasteiger partial charge on any atom is 0.224 e. The van der Waals surface area contributed by atoms with Crippen molar-refractivity contribution in [3.63, 3.8) is 0 Å². The van der Waals surface area contributed by atoms with E-state index in [1.807, 2.05) is 20.0 Å². The summed E-state index contributed by atoms with van der Waals surface area (Å²) in [5, 5.41) is 4.02. The van der Waals surface area contributed by atoms with Crippen LogP contribution in [0.3, 0.4) is 0 Å². The minimum absolute atomic E-state index is 0.595. The van der Waals surface area contributed by atoms with Crippen LogP contribution < -0.4 is 10.1 Å². The van der Waals surface area contributed by atoms with E-state index < -0.39 is 0 Å². The van der Waals surface area contributed by atoms with E-state index in [-0.39, 0.29) is 0 Å². The van der Waals surface area contributed by atoms with Crippen LogP contribution in [0.15, 0.2) is 16.6 Å². The molecule has 0 fully saturated rings. The van der Waals surface area contributed by atoms with Crippen LogP contribution in [0.2, 0.25) is 0 Å². The molecule has 19 heavy (non-hydrogen) atoms. The second kappa shape index (κ2) is 6.30. The number of fused-ring (bicyclic) bond motifs is 1. The van der Waals surface area contributed by atoms with Gasteiger partial charge in [-0.1, -0.05) is 22.9 Å². The predicted molar refractivity (Wildman–Crippen MR) is 80.8 cm³/mol. The van der Waals surface area contributed by atoms with Gasteiger partial charge < -0.3 is 10.1 Å². The van der Waals surface area contributed by atoms with Gasteiger partial charge >= 0.3 is 0 Å². The number of halogens is 1. The van der Waals surface area contributed by atoms with E-state index in [4.69, 9.17) is 4.74 Å². The van der Waals surface area contributed by atoms with Gasteiger partial charge in [0.15, 0.2) is 0 Å². The summed E-state index contributed by atoms with van der Waals surface area (Å²) in [6.07, 6.45) is 0.799. The third-order valence-electron chi connectivity index (χ3n) is 2.87. The minimum Gasteiger partial charge on any atom is -0.476 e. The van der Waals surface area contributed by atoms with E-state index in [1.54, 1.807) is 0 Å². The number of aryl methyl sites for hydroxylation is 2. The Morgan fingerprint density at radius 2 is 2.11 bits per heavy atom. The van der Waals surface area contributed by atoms with Crippen LogP contribution in [-0.2, 0) is 6.42 Å². The van der Waals surface area contributed by atoms with Crippen molar-refractivity contribution in [2.24, 2.45) is 0 Å². The highest BCUT2D eigenvalue weighted by atomic mass is 79.9. The predicted octanol–water partition coefficient (Wildman–Crippen LogP) is 2.86. The highest BCUT2D eigenvalue weighted by Crippen LogP contribution is 2.28. The topological polar surface area (TPSA) is 47.0 Å². The number of aromatic nitrogens is 2. The Morgan fingerprint density at radius 1 is 1.32 bits per heavy atom.